The number of hydrogen-bond donors (Lipinski definition) is 2. The van der Waals surface area contributed by atoms with Crippen molar-refractivity contribution < 1.29 is 52.9 Å². The molecule has 1 heterocycles. The van der Waals surface area contributed by atoms with Gasteiger partial charge in [-0.2, -0.15) is 4.65 Å². The monoisotopic (exact) mass is 957 g/mol. The van der Waals surface area contributed by atoms with E-state index in [2.05, 4.69) is 72.8 Å². The van der Waals surface area contributed by atoms with Gasteiger partial charge in [-0.1, -0.05) is 128 Å². The topological polar surface area (TPSA) is 122 Å². The van der Waals surface area contributed by atoms with Crippen LogP contribution in [-0.4, -0.2) is 103 Å². The lowest BCUT2D eigenvalue weighted by molar-refractivity contribution is -1.09. The number of methoxy groups -OCH3 is 4. The molecule has 7 rings (SSSR count). The van der Waals surface area contributed by atoms with E-state index in [1.807, 2.05) is 84.9 Å². The highest BCUT2D eigenvalue weighted by Gasteiger charge is 2.39. The highest BCUT2D eigenvalue weighted by Crippen LogP contribution is 2.43. The van der Waals surface area contributed by atoms with Gasteiger partial charge in [-0.05, 0) is 108 Å². The molecule has 70 heavy (non-hydrogen) atoms. The highest BCUT2D eigenvalue weighted by atomic mass is 16.6. The number of nitrogens with zero attached hydrogens (tertiary/aromatic N) is 1. The van der Waals surface area contributed by atoms with Crippen molar-refractivity contribution in [2.24, 2.45) is 0 Å². The standard InChI is InChI=1S/C27H32O4.C27H30O4.C5H12NO2/c2*1-29-25-16-12-23(13-17-25)27(22-10-6-5-7-11-22,31-21-9-4-3-8-20-28)24-14-18-26(30-2)19-15-24;1-6(7)2-4-8-5-3-6/h5-7,10-19,28H,3-4,8-9,20-21H2,1-2H3;5-7,10-20H,3-4,8-9,21H2,1-2H3;7H,2-5H2,1H3/q;;+1. The van der Waals surface area contributed by atoms with Crippen LogP contribution in [0.1, 0.15) is 84.7 Å². The number of ether oxygens (including phenoxy) is 7. The molecule has 0 radical (unpaired) electrons. The lowest BCUT2D eigenvalue weighted by Crippen LogP contribution is -2.48. The summed E-state index contributed by atoms with van der Waals surface area (Å²) in [5.41, 5.74) is 4.73. The Labute approximate surface area is 416 Å². The zero-order chi connectivity index (χ0) is 49.9. The molecule has 0 bridgehead atoms. The maximum absolute atomic E-state index is 10.6. The first-order valence-electron chi connectivity index (χ1n) is 24.4. The number of quaternary nitrogens is 1. The number of unbranched alkanes of at least 4 members (excludes halogenated alkanes) is 6. The van der Waals surface area contributed by atoms with E-state index in [4.69, 9.17) is 38.3 Å². The molecule has 374 valence electrons. The van der Waals surface area contributed by atoms with Crippen molar-refractivity contribution in [1.82, 2.24) is 0 Å². The largest absolute Gasteiger partial charge is 0.497 e. The molecule has 0 amide bonds. The molecular weight excluding hydrogens is 883 g/mol. The maximum Gasteiger partial charge on any atom is 0.143 e. The van der Waals surface area contributed by atoms with Gasteiger partial charge in [0.1, 0.15) is 53.6 Å². The van der Waals surface area contributed by atoms with Crippen molar-refractivity contribution in [3.8, 4) is 23.0 Å². The summed E-state index contributed by atoms with van der Waals surface area (Å²) in [5.74, 6) is 3.22. The van der Waals surface area contributed by atoms with E-state index in [1.165, 1.54) is 0 Å². The molecule has 1 fully saturated rings. The zero-order valence-electron chi connectivity index (χ0n) is 41.8. The fraction of sp³-hybridized carbons (Fsp3) is 0.373. The van der Waals surface area contributed by atoms with Crippen molar-refractivity contribution in [3.63, 3.8) is 0 Å². The molecule has 0 spiro atoms. The minimum absolute atomic E-state index is 0.125. The number of rotatable bonds is 24. The number of hydrogen-bond acceptors (Lipinski definition) is 10. The van der Waals surface area contributed by atoms with Gasteiger partial charge in [0, 0.05) is 26.2 Å². The fourth-order valence-corrected chi connectivity index (χ4v) is 8.41. The van der Waals surface area contributed by atoms with Crippen LogP contribution < -0.4 is 18.9 Å². The lowest BCUT2D eigenvalue weighted by Gasteiger charge is -2.36. The average molecular weight is 957 g/mol. The Kier molecular flexibility index (Phi) is 22.9. The zero-order valence-corrected chi connectivity index (χ0v) is 41.8. The van der Waals surface area contributed by atoms with Gasteiger partial charge in [0.15, 0.2) is 0 Å². The van der Waals surface area contributed by atoms with Crippen LogP contribution in [0, 0.1) is 0 Å². The number of likely N-dealkylation sites (N-methyl/N-ethyl adjacent to an activating group) is 1. The Bertz CT molecular complexity index is 2220. The number of morpholine rings is 1. The summed E-state index contributed by atoms with van der Waals surface area (Å²) < 4.78 is 40.2. The minimum atomic E-state index is -0.773. The quantitative estimate of drug-likeness (QED) is 0.0262. The summed E-state index contributed by atoms with van der Waals surface area (Å²) in [7, 11) is 8.47. The highest BCUT2D eigenvalue weighted by molar-refractivity contribution is 5.51. The predicted octanol–water partition coefficient (Wildman–Crippen LogP) is 11.2. The average Bonchev–Trinajstić information content (AvgIpc) is 3.42. The van der Waals surface area contributed by atoms with Gasteiger partial charge >= 0.3 is 0 Å². The van der Waals surface area contributed by atoms with Gasteiger partial charge in [-0.3, -0.25) is 0 Å². The normalized spacial score (nSPS) is 13.1. The van der Waals surface area contributed by atoms with Crippen LogP contribution in [0.25, 0.3) is 0 Å². The smallest absolute Gasteiger partial charge is 0.143 e. The summed E-state index contributed by atoms with van der Waals surface area (Å²) in [6.07, 6.45) is 8.09. The second-order valence-electron chi connectivity index (χ2n) is 17.3. The van der Waals surface area contributed by atoms with E-state index in [0.29, 0.717) is 32.8 Å². The first-order valence-corrected chi connectivity index (χ1v) is 24.4. The van der Waals surface area contributed by atoms with Crippen molar-refractivity contribution in [2.45, 2.75) is 62.6 Å². The second-order valence-corrected chi connectivity index (χ2v) is 17.3. The molecule has 2 N–H and O–H groups in total. The van der Waals surface area contributed by atoms with Gasteiger partial charge in [0.2, 0.25) is 0 Å². The van der Waals surface area contributed by atoms with Crippen LogP contribution in [0.15, 0.2) is 158 Å². The molecule has 0 saturated carbocycles. The molecule has 11 heteroatoms. The third kappa shape index (κ3) is 15.5. The molecule has 11 nitrogen and oxygen atoms in total. The van der Waals surface area contributed by atoms with E-state index in [0.717, 1.165) is 121 Å². The predicted molar refractivity (Wildman–Crippen MR) is 275 cm³/mol. The van der Waals surface area contributed by atoms with Crippen molar-refractivity contribution >= 4 is 6.29 Å². The molecule has 1 saturated heterocycles. The number of carbonyl (C=O) groups is 1. The number of aldehydes is 1. The van der Waals surface area contributed by atoms with Gasteiger partial charge in [-0.15, -0.1) is 0 Å². The number of aliphatic hydroxyl groups is 1. The number of hydroxylamine groups is 3. The summed E-state index contributed by atoms with van der Waals surface area (Å²) >= 11 is 0. The van der Waals surface area contributed by atoms with Gasteiger partial charge in [-0.25, -0.2) is 5.21 Å². The van der Waals surface area contributed by atoms with E-state index < -0.39 is 11.2 Å². The summed E-state index contributed by atoms with van der Waals surface area (Å²) in [6, 6.07) is 52.9. The fourth-order valence-electron chi connectivity index (χ4n) is 8.41. The van der Waals surface area contributed by atoms with E-state index in [1.54, 1.807) is 35.5 Å². The minimum Gasteiger partial charge on any atom is -0.497 e. The Morgan fingerprint density at radius 2 is 0.786 bits per heavy atom. The first-order chi connectivity index (χ1) is 34.2. The molecule has 6 aromatic carbocycles. The van der Waals surface area contributed by atoms with Crippen LogP contribution >= 0.6 is 0 Å². The first kappa shape index (κ1) is 54.9. The van der Waals surface area contributed by atoms with Crippen LogP contribution in [0.5, 0.6) is 23.0 Å². The molecule has 0 aliphatic carbocycles. The van der Waals surface area contributed by atoms with Crippen molar-refractivity contribution in [2.75, 3.05) is 81.6 Å². The van der Waals surface area contributed by atoms with Crippen LogP contribution in [0.3, 0.4) is 0 Å². The molecule has 0 aromatic heterocycles. The van der Waals surface area contributed by atoms with Crippen LogP contribution in [0.2, 0.25) is 0 Å². The Morgan fingerprint density at radius 3 is 1.07 bits per heavy atom. The molecule has 1 aliphatic heterocycles. The van der Waals surface area contributed by atoms with Crippen molar-refractivity contribution in [3.05, 3.63) is 191 Å². The molecule has 1 aliphatic rings. The third-order valence-electron chi connectivity index (χ3n) is 12.4. The Balaban J connectivity index is 0.000000225. The van der Waals surface area contributed by atoms with Gasteiger partial charge in [0.25, 0.3) is 0 Å². The second kappa shape index (κ2) is 29.2. The maximum atomic E-state index is 10.6. The number of benzene rings is 6. The van der Waals surface area contributed by atoms with Crippen molar-refractivity contribution in [1.29, 1.82) is 0 Å². The lowest BCUT2D eigenvalue weighted by atomic mass is 9.80. The van der Waals surface area contributed by atoms with Crippen LogP contribution in [-0.2, 0) is 30.2 Å². The van der Waals surface area contributed by atoms with Gasteiger partial charge < -0.3 is 43.1 Å². The molecular formula is C59H74NO10+. The SMILES string of the molecule is COc1ccc(C(OCCCCCC=O)(c2ccccc2)c2ccc(OC)cc2)cc1.COc1ccc(C(OCCCCCCO)(c2ccccc2)c2ccc(OC)cc2)cc1.C[N+]1(O)CCOCC1. The Hall–Kier alpha value is -6.05. The third-order valence-corrected chi connectivity index (χ3v) is 12.4. The van der Waals surface area contributed by atoms with Crippen LogP contribution in [0.4, 0.5) is 0 Å². The molecule has 0 unspecified atom stereocenters. The summed E-state index contributed by atoms with van der Waals surface area (Å²) in [4.78, 5) is 10.6. The Morgan fingerprint density at radius 1 is 0.471 bits per heavy atom. The van der Waals surface area contributed by atoms with E-state index >= 15 is 0 Å². The molecule has 6 aromatic rings. The summed E-state index contributed by atoms with van der Waals surface area (Å²) in [6.45, 7) is 4.25. The van der Waals surface area contributed by atoms with E-state index in [-0.39, 0.29) is 11.3 Å². The van der Waals surface area contributed by atoms with E-state index in [9.17, 15) is 10.0 Å². The molecule has 0 atom stereocenters. The summed E-state index contributed by atoms with van der Waals surface area (Å²) in [5, 5.41) is 18.3. The van der Waals surface area contributed by atoms with Gasteiger partial charge in [0.05, 0.1) is 48.7 Å². The number of aliphatic hydroxyl groups excluding tert-OH is 1. The number of carbonyl (C=O) groups excluding carboxylic acids is 1.